The van der Waals surface area contributed by atoms with Gasteiger partial charge in [0, 0.05) is 49.1 Å². The van der Waals surface area contributed by atoms with Gasteiger partial charge < -0.3 is 4.90 Å². The molecule has 0 saturated carbocycles. The lowest BCUT2D eigenvalue weighted by atomic mass is 9.86. The zero-order valence-electron chi connectivity index (χ0n) is 23.2. The topological polar surface area (TPSA) is 43.9 Å². The smallest absolute Gasteiger partial charge is 0.243 e. The summed E-state index contributed by atoms with van der Waals surface area (Å²) >= 11 is 0. The van der Waals surface area contributed by atoms with Gasteiger partial charge in [-0.05, 0) is 88.8 Å². The molecule has 0 bridgehead atoms. The number of rotatable bonds is 6. The standard InChI is InChI=1S/C32H41N3O2S/c1-25-23-26(2)31(27(3)24-25)38(36,37)34-21-17-32(4,18-22-34)33-19-15-30(16-20-33)35(28-11-7-5-8-12-28)29-13-9-6-10-14-29/h5-14,23-24,30H,15-22H2,1-4H3. The van der Waals surface area contributed by atoms with Crippen molar-refractivity contribution in [2.45, 2.75) is 69.9 Å². The number of nitrogens with zero attached hydrogens (tertiary/aromatic N) is 3. The summed E-state index contributed by atoms with van der Waals surface area (Å²) in [4.78, 5) is 5.62. The second kappa shape index (κ2) is 10.8. The van der Waals surface area contributed by atoms with Crippen molar-refractivity contribution >= 4 is 21.4 Å². The van der Waals surface area contributed by atoms with Crippen LogP contribution in [0.2, 0.25) is 0 Å². The van der Waals surface area contributed by atoms with Crippen LogP contribution in [-0.4, -0.2) is 55.4 Å². The van der Waals surface area contributed by atoms with E-state index in [1.54, 1.807) is 4.31 Å². The average molecular weight is 532 g/mol. The van der Waals surface area contributed by atoms with E-state index in [0.717, 1.165) is 55.5 Å². The summed E-state index contributed by atoms with van der Waals surface area (Å²) in [5, 5.41) is 0. The summed E-state index contributed by atoms with van der Waals surface area (Å²) in [5.74, 6) is 0. The highest BCUT2D eigenvalue weighted by Crippen LogP contribution is 2.37. The number of aryl methyl sites for hydroxylation is 3. The Balaban J connectivity index is 1.26. The normalized spacial score (nSPS) is 19.4. The number of hydrogen-bond donors (Lipinski definition) is 0. The second-order valence-electron chi connectivity index (χ2n) is 11.4. The minimum absolute atomic E-state index is 0.0265. The van der Waals surface area contributed by atoms with Crippen LogP contribution in [0.4, 0.5) is 11.4 Å². The first kappa shape index (κ1) is 26.9. The van der Waals surface area contributed by atoms with Crippen molar-refractivity contribution < 1.29 is 8.42 Å². The van der Waals surface area contributed by atoms with Crippen LogP contribution < -0.4 is 4.90 Å². The SMILES string of the molecule is Cc1cc(C)c(S(=O)(=O)N2CCC(C)(N3CCC(N(c4ccccc4)c4ccccc4)CC3)CC2)c(C)c1. The van der Waals surface area contributed by atoms with Gasteiger partial charge in [0.2, 0.25) is 10.0 Å². The molecule has 2 fully saturated rings. The number of hydrogen-bond acceptors (Lipinski definition) is 4. The quantitative estimate of drug-likeness (QED) is 0.366. The van der Waals surface area contributed by atoms with Crippen molar-refractivity contribution in [2.75, 3.05) is 31.1 Å². The zero-order chi connectivity index (χ0) is 26.9. The molecular weight excluding hydrogens is 490 g/mol. The van der Waals surface area contributed by atoms with E-state index in [0.29, 0.717) is 24.0 Å². The van der Waals surface area contributed by atoms with Crippen molar-refractivity contribution in [3.05, 3.63) is 89.5 Å². The molecule has 0 unspecified atom stereocenters. The Morgan fingerprint density at radius 1 is 0.763 bits per heavy atom. The zero-order valence-corrected chi connectivity index (χ0v) is 24.0. The summed E-state index contributed by atoms with van der Waals surface area (Å²) in [6, 6.07) is 25.8. The van der Waals surface area contributed by atoms with Crippen molar-refractivity contribution in [1.82, 2.24) is 9.21 Å². The van der Waals surface area contributed by atoms with Gasteiger partial charge in [0.25, 0.3) is 0 Å². The van der Waals surface area contributed by atoms with E-state index in [4.69, 9.17) is 0 Å². The maximum Gasteiger partial charge on any atom is 0.243 e. The van der Waals surface area contributed by atoms with E-state index in [2.05, 4.69) is 77.4 Å². The first-order valence-corrected chi connectivity index (χ1v) is 15.4. The highest BCUT2D eigenvalue weighted by molar-refractivity contribution is 7.89. The second-order valence-corrected chi connectivity index (χ2v) is 13.3. The molecule has 3 aromatic rings. The Bertz CT molecular complexity index is 1280. The van der Waals surface area contributed by atoms with E-state index < -0.39 is 10.0 Å². The van der Waals surface area contributed by atoms with Gasteiger partial charge in [0.05, 0.1) is 4.90 Å². The van der Waals surface area contributed by atoms with Crippen LogP contribution in [0.25, 0.3) is 0 Å². The van der Waals surface area contributed by atoms with Gasteiger partial charge in [-0.3, -0.25) is 4.90 Å². The number of para-hydroxylation sites is 2. The molecule has 2 aliphatic heterocycles. The fraction of sp³-hybridized carbons (Fsp3) is 0.438. The molecule has 2 aliphatic rings. The molecule has 0 atom stereocenters. The molecular formula is C32H41N3O2S. The predicted octanol–water partition coefficient (Wildman–Crippen LogP) is 6.46. The van der Waals surface area contributed by atoms with Gasteiger partial charge in [0.15, 0.2) is 0 Å². The molecule has 0 spiro atoms. The van der Waals surface area contributed by atoms with Gasteiger partial charge in [-0.25, -0.2) is 8.42 Å². The first-order chi connectivity index (χ1) is 18.2. The molecule has 0 aromatic heterocycles. The van der Waals surface area contributed by atoms with Gasteiger partial charge in [-0.15, -0.1) is 0 Å². The molecule has 5 rings (SSSR count). The summed E-state index contributed by atoms with van der Waals surface area (Å²) in [6.07, 6.45) is 3.90. The van der Waals surface area contributed by atoms with Gasteiger partial charge in [-0.1, -0.05) is 54.1 Å². The molecule has 5 nitrogen and oxygen atoms in total. The van der Waals surface area contributed by atoms with Crippen LogP contribution >= 0.6 is 0 Å². The molecule has 202 valence electrons. The number of anilines is 2. The molecule has 0 amide bonds. The Morgan fingerprint density at radius 3 is 1.71 bits per heavy atom. The summed E-state index contributed by atoms with van der Waals surface area (Å²) in [6.45, 7) is 11.4. The predicted molar refractivity (Wildman–Crippen MR) is 157 cm³/mol. The lowest BCUT2D eigenvalue weighted by molar-refractivity contribution is 0.0349. The highest BCUT2D eigenvalue weighted by atomic mass is 32.2. The number of benzene rings is 3. The molecule has 0 radical (unpaired) electrons. The van der Waals surface area contributed by atoms with E-state index in [9.17, 15) is 8.42 Å². The van der Waals surface area contributed by atoms with Crippen molar-refractivity contribution in [3.63, 3.8) is 0 Å². The van der Waals surface area contributed by atoms with Crippen LogP contribution in [0.5, 0.6) is 0 Å². The number of likely N-dealkylation sites (tertiary alicyclic amines) is 1. The van der Waals surface area contributed by atoms with Crippen LogP contribution in [0.3, 0.4) is 0 Å². The molecule has 2 heterocycles. The monoisotopic (exact) mass is 531 g/mol. The average Bonchev–Trinajstić information content (AvgIpc) is 2.90. The third kappa shape index (κ3) is 5.27. The lowest BCUT2D eigenvalue weighted by Gasteiger charge is -2.50. The van der Waals surface area contributed by atoms with Crippen LogP contribution in [0, 0.1) is 20.8 Å². The Hall–Kier alpha value is -2.67. The molecule has 2 saturated heterocycles. The first-order valence-electron chi connectivity index (χ1n) is 13.9. The third-order valence-electron chi connectivity index (χ3n) is 8.66. The molecule has 3 aromatic carbocycles. The lowest BCUT2D eigenvalue weighted by Crippen LogP contribution is -2.57. The van der Waals surface area contributed by atoms with Crippen molar-refractivity contribution in [1.29, 1.82) is 0 Å². The fourth-order valence-corrected chi connectivity index (χ4v) is 8.49. The van der Waals surface area contributed by atoms with Gasteiger partial charge in [-0.2, -0.15) is 4.31 Å². The van der Waals surface area contributed by atoms with E-state index >= 15 is 0 Å². The van der Waals surface area contributed by atoms with Gasteiger partial charge >= 0.3 is 0 Å². The summed E-state index contributed by atoms with van der Waals surface area (Å²) < 4.78 is 29.0. The minimum atomic E-state index is -3.49. The summed E-state index contributed by atoms with van der Waals surface area (Å²) in [7, 11) is -3.49. The molecule has 6 heteroatoms. The van der Waals surface area contributed by atoms with Crippen molar-refractivity contribution in [3.8, 4) is 0 Å². The van der Waals surface area contributed by atoms with Crippen molar-refractivity contribution in [2.24, 2.45) is 0 Å². The van der Waals surface area contributed by atoms with E-state index in [1.807, 2.05) is 32.9 Å². The van der Waals surface area contributed by atoms with E-state index in [1.165, 1.54) is 11.4 Å². The molecule has 0 N–H and O–H groups in total. The third-order valence-corrected chi connectivity index (χ3v) is 10.9. The van der Waals surface area contributed by atoms with Crippen LogP contribution in [0.15, 0.2) is 77.7 Å². The molecule has 38 heavy (non-hydrogen) atoms. The fourth-order valence-electron chi connectivity index (χ4n) is 6.64. The maximum atomic E-state index is 13.6. The number of piperidine rings is 2. The Kier molecular flexibility index (Phi) is 7.67. The van der Waals surface area contributed by atoms with Crippen LogP contribution in [0.1, 0.15) is 49.3 Å². The maximum absolute atomic E-state index is 13.6. The summed E-state index contributed by atoms with van der Waals surface area (Å²) in [5.41, 5.74) is 5.30. The highest BCUT2D eigenvalue weighted by Gasteiger charge is 2.41. The van der Waals surface area contributed by atoms with Crippen LogP contribution in [-0.2, 0) is 10.0 Å². The minimum Gasteiger partial charge on any atom is -0.338 e. The van der Waals surface area contributed by atoms with E-state index in [-0.39, 0.29) is 5.54 Å². The molecule has 0 aliphatic carbocycles. The van der Waals surface area contributed by atoms with Gasteiger partial charge in [0.1, 0.15) is 0 Å². The number of sulfonamides is 1. The Labute approximate surface area is 229 Å². The Morgan fingerprint density at radius 2 is 1.24 bits per heavy atom. The largest absolute Gasteiger partial charge is 0.338 e.